The molecule has 1 amide bonds. The van der Waals surface area contributed by atoms with Gasteiger partial charge < -0.3 is 19.9 Å². The van der Waals surface area contributed by atoms with Gasteiger partial charge >= 0.3 is 6.09 Å². The van der Waals surface area contributed by atoms with Gasteiger partial charge in [0.15, 0.2) is 0 Å². The molecule has 0 radical (unpaired) electrons. The zero-order valence-electron chi connectivity index (χ0n) is 14.5. The maximum atomic E-state index is 13.7. The van der Waals surface area contributed by atoms with Crippen molar-refractivity contribution in [2.75, 3.05) is 13.2 Å². The van der Waals surface area contributed by atoms with Gasteiger partial charge in [0, 0.05) is 18.7 Å². The first-order chi connectivity index (χ1) is 11.2. The van der Waals surface area contributed by atoms with Crippen LogP contribution in [0.3, 0.4) is 0 Å². The van der Waals surface area contributed by atoms with Crippen LogP contribution in [0.15, 0.2) is 30.9 Å². The Bertz CT molecular complexity index is 554. The van der Waals surface area contributed by atoms with Crippen molar-refractivity contribution in [2.24, 2.45) is 0 Å². The van der Waals surface area contributed by atoms with Crippen LogP contribution in [0.4, 0.5) is 9.18 Å². The molecule has 0 spiro atoms. The van der Waals surface area contributed by atoms with Gasteiger partial charge in [-0.3, -0.25) is 0 Å². The molecular weight excluding hydrogens is 313 g/mol. The minimum absolute atomic E-state index is 0.102. The number of nitrogens with one attached hydrogen (secondary N) is 1. The van der Waals surface area contributed by atoms with E-state index in [1.165, 1.54) is 12.1 Å². The predicted octanol–water partition coefficient (Wildman–Crippen LogP) is 3.21. The summed E-state index contributed by atoms with van der Waals surface area (Å²) in [5.74, 6) is -0.0310. The molecule has 1 aromatic rings. The number of halogens is 1. The van der Waals surface area contributed by atoms with Crippen molar-refractivity contribution in [1.82, 2.24) is 5.32 Å². The van der Waals surface area contributed by atoms with E-state index in [9.17, 15) is 14.3 Å². The Balaban J connectivity index is 2.78. The van der Waals surface area contributed by atoms with E-state index in [1.807, 2.05) is 0 Å². The molecule has 0 aromatic heterocycles. The number of rotatable bonds is 8. The highest BCUT2D eigenvalue weighted by molar-refractivity contribution is 5.68. The molecule has 5 nitrogen and oxygen atoms in total. The summed E-state index contributed by atoms with van der Waals surface area (Å²) in [6.07, 6.45) is 1.68. The lowest BCUT2D eigenvalue weighted by atomic mass is 10.0. The molecule has 0 saturated heterocycles. The number of aliphatic hydroxyl groups excluding tert-OH is 1. The van der Waals surface area contributed by atoms with Crippen molar-refractivity contribution in [3.8, 4) is 5.75 Å². The molecule has 0 unspecified atom stereocenters. The number of amides is 1. The van der Waals surface area contributed by atoms with Gasteiger partial charge in [-0.05, 0) is 51.3 Å². The number of benzene rings is 1. The first kappa shape index (κ1) is 20.0. The van der Waals surface area contributed by atoms with Gasteiger partial charge in [-0.1, -0.05) is 12.7 Å². The average Bonchev–Trinajstić information content (AvgIpc) is 2.42. The standard InChI is InChI=1S/C18H26FNO4/c1-5-8-23-16-11-13(9-14(19)12-16)10-15(6-7-21)20-17(22)24-18(2,3)4/h5,9,11-12,15,21H,1,6-8,10H2,2-4H3,(H,20,22)/t15-/m1/s1. The van der Waals surface area contributed by atoms with Crippen LogP contribution in [0.1, 0.15) is 32.8 Å². The van der Waals surface area contributed by atoms with Crippen molar-refractivity contribution < 1.29 is 23.8 Å². The summed E-state index contributed by atoms with van der Waals surface area (Å²) in [7, 11) is 0. The molecule has 1 rings (SSSR count). The molecule has 134 valence electrons. The second kappa shape index (κ2) is 9.27. The van der Waals surface area contributed by atoms with E-state index in [0.717, 1.165) is 0 Å². The monoisotopic (exact) mass is 339 g/mol. The molecule has 6 heteroatoms. The second-order valence-corrected chi connectivity index (χ2v) is 6.45. The van der Waals surface area contributed by atoms with E-state index < -0.39 is 17.5 Å². The lowest BCUT2D eigenvalue weighted by Gasteiger charge is -2.23. The molecule has 0 aliphatic carbocycles. The molecule has 0 saturated carbocycles. The van der Waals surface area contributed by atoms with E-state index in [4.69, 9.17) is 9.47 Å². The topological polar surface area (TPSA) is 67.8 Å². The third-order valence-electron chi connectivity index (χ3n) is 2.98. The summed E-state index contributed by atoms with van der Waals surface area (Å²) in [6, 6.07) is 3.99. The van der Waals surface area contributed by atoms with E-state index in [-0.39, 0.29) is 19.3 Å². The fourth-order valence-electron chi connectivity index (χ4n) is 2.12. The van der Waals surface area contributed by atoms with Gasteiger partial charge in [-0.2, -0.15) is 0 Å². The number of hydrogen-bond acceptors (Lipinski definition) is 4. The van der Waals surface area contributed by atoms with E-state index in [1.54, 1.807) is 32.9 Å². The van der Waals surface area contributed by atoms with Crippen LogP contribution in [-0.2, 0) is 11.2 Å². The Kier molecular flexibility index (Phi) is 7.71. The minimum atomic E-state index is -0.613. The Hall–Kier alpha value is -2.08. The highest BCUT2D eigenvalue weighted by atomic mass is 19.1. The summed E-state index contributed by atoms with van der Waals surface area (Å²) in [6.45, 7) is 9.02. The first-order valence-corrected chi connectivity index (χ1v) is 7.87. The summed E-state index contributed by atoms with van der Waals surface area (Å²) in [5.41, 5.74) is 0.0434. The molecule has 0 aliphatic heterocycles. The van der Waals surface area contributed by atoms with Gasteiger partial charge in [0.2, 0.25) is 0 Å². The third-order valence-corrected chi connectivity index (χ3v) is 2.98. The molecule has 0 aliphatic rings. The number of ether oxygens (including phenoxy) is 2. The molecular formula is C18H26FNO4. The van der Waals surface area contributed by atoms with Crippen LogP contribution in [0, 0.1) is 5.82 Å². The van der Waals surface area contributed by atoms with Crippen molar-refractivity contribution in [2.45, 2.75) is 45.3 Å². The van der Waals surface area contributed by atoms with Crippen LogP contribution in [0.5, 0.6) is 5.75 Å². The smallest absolute Gasteiger partial charge is 0.407 e. The van der Waals surface area contributed by atoms with Crippen LogP contribution >= 0.6 is 0 Å². The van der Waals surface area contributed by atoms with Crippen LogP contribution < -0.4 is 10.1 Å². The quantitative estimate of drug-likeness (QED) is 0.714. The Labute approximate surface area is 142 Å². The molecule has 0 bridgehead atoms. The normalized spacial score (nSPS) is 12.4. The highest BCUT2D eigenvalue weighted by Gasteiger charge is 2.20. The van der Waals surface area contributed by atoms with Crippen molar-refractivity contribution in [3.05, 3.63) is 42.2 Å². The zero-order chi connectivity index (χ0) is 18.2. The predicted molar refractivity (Wildman–Crippen MR) is 90.7 cm³/mol. The maximum Gasteiger partial charge on any atom is 0.407 e. The second-order valence-electron chi connectivity index (χ2n) is 6.45. The van der Waals surface area contributed by atoms with Crippen LogP contribution in [0.25, 0.3) is 0 Å². The van der Waals surface area contributed by atoms with E-state index in [0.29, 0.717) is 24.2 Å². The van der Waals surface area contributed by atoms with Crippen molar-refractivity contribution in [1.29, 1.82) is 0 Å². The van der Waals surface area contributed by atoms with Gasteiger partial charge in [0.05, 0.1) is 0 Å². The van der Waals surface area contributed by atoms with Crippen molar-refractivity contribution >= 4 is 6.09 Å². The average molecular weight is 339 g/mol. The van der Waals surface area contributed by atoms with Crippen LogP contribution in [0.2, 0.25) is 0 Å². The van der Waals surface area contributed by atoms with Crippen molar-refractivity contribution in [3.63, 3.8) is 0 Å². The summed E-state index contributed by atoms with van der Waals surface area (Å²) in [5, 5.41) is 11.9. The lowest BCUT2D eigenvalue weighted by molar-refractivity contribution is 0.0497. The fourth-order valence-corrected chi connectivity index (χ4v) is 2.12. The Morgan fingerprint density at radius 1 is 1.42 bits per heavy atom. The van der Waals surface area contributed by atoms with E-state index >= 15 is 0 Å². The number of alkyl carbamates (subject to hydrolysis) is 1. The van der Waals surface area contributed by atoms with E-state index in [2.05, 4.69) is 11.9 Å². The molecule has 1 aromatic carbocycles. The summed E-state index contributed by atoms with van der Waals surface area (Å²) >= 11 is 0. The molecule has 2 N–H and O–H groups in total. The number of carbonyl (C=O) groups is 1. The largest absolute Gasteiger partial charge is 0.489 e. The SMILES string of the molecule is C=CCOc1cc(F)cc(C[C@@H](CCO)NC(=O)OC(C)(C)C)c1. The highest BCUT2D eigenvalue weighted by Crippen LogP contribution is 2.19. The number of hydrogen-bond donors (Lipinski definition) is 2. The van der Waals surface area contributed by atoms with Crippen LogP contribution in [-0.4, -0.2) is 36.1 Å². The first-order valence-electron chi connectivity index (χ1n) is 7.87. The third kappa shape index (κ3) is 7.97. The molecule has 24 heavy (non-hydrogen) atoms. The minimum Gasteiger partial charge on any atom is -0.489 e. The lowest BCUT2D eigenvalue weighted by Crippen LogP contribution is -2.40. The zero-order valence-corrected chi connectivity index (χ0v) is 14.5. The van der Waals surface area contributed by atoms with Gasteiger partial charge in [0.25, 0.3) is 0 Å². The fraction of sp³-hybridized carbons (Fsp3) is 0.500. The van der Waals surface area contributed by atoms with Gasteiger partial charge in [-0.25, -0.2) is 9.18 Å². The van der Waals surface area contributed by atoms with Gasteiger partial charge in [0.1, 0.15) is 23.8 Å². The Morgan fingerprint density at radius 2 is 2.12 bits per heavy atom. The molecule has 0 fully saturated rings. The molecule has 1 atom stereocenters. The van der Waals surface area contributed by atoms with Gasteiger partial charge in [-0.15, -0.1) is 0 Å². The molecule has 0 heterocycles. The Morgan fingerprint density at radius 3 is 2.71 bits per heavy atom. The number of carbonyl (C=O) groups excluding carboxylic acids is 1. The number of aliphatic hydroxyl groups is 1. The summed E-state index contributed by atoms with van der Waals surface area (Å²) in [4.78, 5) is 11.9. The summed E-state index contributed by atoms with van der Waals surface area (Å²) < 4.78 is 24.3. The maximum absolute atomic E-state index is 13.7.